The average molecular weight is 501 g/mol. The van der Waals surface area contributed by atoms with Crippen LogP contribution in [-0.2, 0) is 0 Å². The van der Waals surface area contributed by atoms with Crippen LogP contribution < -0.4 is 5.32 Å². The molecule has 0 amide bonds. The average Bonchev–Trinajstić information content (AvgIpc) is 3.38. The van der Waals surface area contributed by atoms with Gasteiger partial charge in [-0.1, -0.05) is 60.7 Å². The number of anilines is 2. The number of nitrogens with zero attached hydrogens (tertiary/aromatic N) is 1. The number of pyridine rings is 1. The molecule has 39 heavy (non-hydrogen) atoms. The molecule has 7 aromatic rings. The molecular formula is C36H24N2O. The number of nitrogens with one attached hydrogen (secondary N) is 1. The zero-order valence-electron chi connectivity index (χ0n) is 21.4. The van der Waals surface area contributed by atoms with E-state index in [0.29, 0.717) is 0 Å². The van der Waals surface area contributed by atoms with E-state index in [1.54, 1.807) is 0 Å². The first-order valence-corrected chi connectivity index (χ1v) is 13.2. The zero-order chi connectivity index (χ0) is 25.9. The monoisotopic (exact) mass is 500 g/mol. The molecule has 8 rings (SSSR count). The van der Waals surface area contributed by atoms with Gasteiger partial charge < -0.3 is 9.73 Å². The van der Waals surface area contributed by atoms with Gasteiger partial charge in [0, 0.05) is 34.0 Å². The summed E-state index contributed by atoms with van der Waals surface area (Å²) in [7, 11) is 0. The zero-order valence-corrected chi connectivity index (χ0v) is 21.4. The lowest BCUT2D eigenvalue weighted by Crippen LogP contribution is -2.03. The molecule has 1 aliphatic heterocycles. The first-order valence-electron chi connectivity index (χ1n) is 13.2. The summed E-state index contributed by atoms with van der Waals surface area (Å²) in [4.78, 5) is 4.63. The summed E-state index contributed by atoms with van der Waals surface area (Å²) in [5.41, 5.74) is 14.4. The van der Waals surface area contributed by atoms with E-state index >= 15 is 0 Å². The number of furan rings is 1. The van der Waals surface area contributed by atoms with E-state index in [0.717, 1.165) is 50.1 Å². The van der Waals surface area contributed by atoms with Crippen LogP contribution in [0.1, 0.15) is 5.56 Å². The van der Waals surface area contributed by atoms with Crippen LogP contribution in [0, 0.1) is 6.92 Å². The van der Waals surface area contributed by atoms with Crippen LogP contribution in [0.3, 0.4) is 0 Å². The van der Waals surface area contributed by atoms with Gasteiger partial charge in [-0.2, -0.15) is 0 Å². The van der Waals surface area contributed by atoms with Gasteiger partial charge in [-0.05, 0) is 89.3 Å². The topological polar surface area (TPSA) is 38.1 Å². The number of hydrogen-bond donors (Lipinski definition) is 1. The van der Waals surface area contributed by atoms with Crippen LogP contribution in [0.5, 0.6) is 0 Å². The van der Waals surface area contributed by atoms with Crippen molar-refractivity contribution in [3.05, 3.63) is 127 Å². The summed E-state index contributed by atoms with van der Waals surface area (Å²) in [5.74, 6) is 0. The molecule has 3 heterocycles. The normalized spacial score (nSPS) is 11.9. The molecule has 1 aliphatic rings. The maximum atomic E-state index is 6.29. The Labute approximate surface area is 226 Å². The first-order chi connectivity index (χ1) is 19.2. The molecule has 5 aromatic carbocycles. The molecule has 0 spiro atoms. The summed E-state index contributed by atoms with van der Waals surface area (Å²) in [5, 5.41) is 6.08. The molecule has 0 atom stereocenters. The summed E-state index contributed by atoms with van der Waals surface area (Å²) in [6.45, 7) is 2.24. The molecule has 0 aliphatic carbocycles. The Hall–Kier alpha value is -5.15. The molecule has 0 saturated heterocycles. The van der Waals surface area contributed by atoms with E-state index < -0.39 is 0 Å². The SMILES string of the molecule is Cc1c2cc(-c3ccccc3)cc1-c1ccc3oc4ccccc4c3c1Nc1ccc(-c3ccccn3)cc1-2. The molecule has 3 heteroatoms. The van der Waals surface area contributed by atoms with Gasteiger partial charge in [0.15, 0.2) is 0 Å². The fourth-order valence-electron chi connectivity index (χ4n) is 5.95. The molecule has 2 bridgehead atoms. The van der Waals surface area contributed by atoms with Crippen molar-refractivity contribution in [3.63, 3.8) is 0 Å². The highest BCUT2D eigenvalue weighted by atomic mass is 16.3. The Morgan fingerprint density at radius 3 is 2.21 bits per heavy atom. The second-order valence-corrected chi connectivity index (χ2v) is 10.1. The van der Waals surface area contributed by atoms with Gasteiger partial charge in [-0.15, -0.1) is 0 Å². The third kappa shape index (κ3) is 3.40. The number of benzene rings is 5. The van der Waals surface area contributed by atoms with E-state index in [1.165, 1.54) is 33.4 Å². The first kappa shape index (κ1) is 21.9. The second kappa shape index (κ2) is 8.44. The highest BCUT2D eigenvalue weighted by Crippen LogP contribution is 2.49. The van der Waals surface area contributed by atoms with E-state index in [-0.39, 0.29) is 0 Å². The number of rotatable bonds is 2. The van der Waals surface area contributed by atoms with E-state index in [4.69, 9.17) is 4.42 Å². The quantitative estimate of drug-likeness (QED) is 0.257. The number of para-hydroxylation sites is 1. The van der Waals surface area contributed by atoms with Crippen LogP contribution in [0.2, 0.25) is 0 Å². The molecule has 184 valence electrons. The lowest BCUT2D eigenvalue weighted by molar-refractivity contribution is 0.669. The van der Waals surface area contributed by atoms with Crippen LogP contribution in [0.4, 0.5) is 11.4 Å². The molecule has 0 radical (unpaired) electrons. The van der Waals surface area contributed by atoms with Gasteiger partial charge in [0.05, 0.1) is 16.8 Å². The van der Waals surface area contributed by atoms with Gasteiger partial charge in [-0.25, -0.2) is 0 Å². The van der Waals surface area contributed by atoms with Crippen molar-refractivity contribution >= 4 is 33.3 Å². The predicted octanol–water partition coefficient (Wildman–Crippen LogP) is 10.0. The van der Waals surface area contributed by atoms with Crippen molar-refractivity contribution in [2.24, 2.45) is 0 Å². The van der Waals surface area contributed by atoms with Crippen molar-refractivity contribution < 1.29 is 4.42 Å². The van der Waals surface area contributed by atoms with Gasteiger partial charge in [0.2, 0.25) is 0 Å². The number of hydrogen-bond acceptors (Lipinski definition) is 3. The highest BCUT2D eigenvalue weighted by molar-refractivity contribution is 6.16. The van der Waals surface area contributed by atoms with E-state index in [9.17, 15) is 0 Å². The van der Waals surface area contributed by atoms with Gasteiger partial charge in [0.1, 0.15) is 11.2 Å². The molecule has 0 saturated carbocycles. The summed E-state index contributed by atoms with van der Waals surface area (Å²) in [6, 6.07) is 40.5. The van der Waals surface area contributed by atoms with E-state index in [2.05, 4.69) is 108 Å². The van der Waals surface area contributed by atoms with Crippen molar-refractivity contribution in [2.75, 3.05) is 5.32 Å². The minimum absolute atomic E-state index is 0.881. The van der Waals surface area contributed by atoms with Crippen molar-refractivity contribution in [1.29, 1.82) is 0 Å². The fourth-order valence-corrected chi connectivity index (χ4v) is 5.95. The van der Waals surface area contributed by atoms with Gasteiger partial charge in [-0.3, -0.25) is 4.98 Å². The second-order valence-electron chi connectivity index (χ2n) is 10.1. The number of aromatic nitrogens is 1. The minimum atomic E-state index is 0.881. The number of fused-ring (bicyclic) bond motifs is 10. The Morgan fingerprint density at radius 1 is 0.590 bits per heavy atom. The molecule has 2 aromatic heterocycles. The summed E-state index contributed by atoms with van der Waals surface area (Å²) >= 11 is 0. The van der Waals surface area contributed by atoms with Gasteiger partial charge in [0.25, 0.3) is 0 Å². The maximum Gasteiger partial charge on any atom is 0.137 e. The predicted molar refractivity (Wildman–Crippen MR) is 161 cm³/mol. The summed E-state index contributed by atoms with van der Waals surface area (Å²) < 4.78 is 6.29. The molecular weight excluding hydrogens is 476 g/mol. The Balaban J connectivity index is 1.49. The Kier molecular flexibility index (Phi) is 4.74. The molecule has 0 fully saturated rings. The fraction of sp³-hybridized carbons (Fsp3) is 0.0278. The molecule has 0 unspecified atom stereocenters. The van der Waals surface area contributed by atoms with Crippen LogP contribution in [0.15, 0.2) is 126 Å². The van der Waals surface area contributed by atoms with Crippen molar-refractivity contribution in [1.82, 2.24) is 4.98 Å². The molecule has 1 N–H and O–H groups in total. The third-order valence-electron chi connectivity index (χ3n) is 7.88. The van der Waals surface area contributed by atoms with Crippen molar-refractivity contribution in [3.8, 4) is 44.6 Å². The Morgan fingerprint density at radius 2 is 1.36 bits per heavy atom. The van der Waals surface area contributed by atoms with Gasteiger partial charge >= 0.3 is 0 Å². The van der Waals surface area contributed by atoms with Crippen LogP contribution in [-0.4, -0.2) is 4.98 Å². The van der Waals surface area contributed by atoms with Crippen molar-refractivity contribution in [2.45, 2.75) is 6.92 Å². The lowest BCUT2D eigenvalue weighted by atomic mass is 9.85. The lowest BCUT2D eigenvalue weighted by Gasteiger charge is -2.25. The smallest absolute Gasteiger partial charge is 0.137 e. The third-order valence-corrected chi connectivity index (χ3v) is 7.88. The highest BCUT2D eigenvalue weighted by Gasteiger charge is 2.24. The minimum Gasteiger partial charge on any atom is -0.456 e. The van der Waals surface area contributed by atoms with E-state index in [1.807, 2.05) is 30.5 Å². The van der Waals surface area contributed by atoms with Crippen LogP contribution in [0.25, 0.3) is 66.6 Å². The largest absolute Gasteiger partial charge is 0.456 e. The standard InChI is InChI=1S/C36H24N2O/c1-22-28-20-25(23-9-3-2-4-10-23)21-29(22)30-19-24(31-12-7-8-18-37-31)14-16-32(30)38-36-26(28)15-17-34-35(36)27-11-5-6-13-33(27)39-34/h2-21,38H,1H3. The summed E-state index contributed by atoms with van der Waals surface area (Å²) in [6.07, 6.45) is 1.85. The van der Waals surface area contributed by atoms with Crippen LogP contribution >= 0.6 is 0 Å². The molecule has 3 nitrogen and oxygen atoms in total. The maximum absolute atomic E-state index is 6.29. The Bertz CT molecular complexity index is 2040.